The zero-order valence-electron chi connectivity index (χ0n) is 17.8. The number of carbonyl (C=O) groups is 1. The van der Waals surface area contributed by atoms with E-state index in [4.69, 9.17) is 9.47 Å². The first-order chi connectivity index (χ1) is 15.3. The van der Waals surface area contributed by atoms with Crippen molar-refractivity contribution in [2.75, 3.05) is 14.2 Å². The third kappa shape index (κ3) is 3.83. The van der Waals surface area contributed by atoms with E-state index < -0.39 is 15.6 Å². The number of aromatic nitrogens is 1. The van der Waals surface area contributed by atoms with Crippen LogP contribution in [0, 0.1) is 6.92 Å². The Morgan fingerprint density at radius 1 is 0.844 bits per heavy atom. The van der Waals surface area contributed by atoms with E-state index in [2.05, 4.69) is 4.98 Å². The van der Waals surface area contributed by atoms with Gasteiger partial charge in [0.2, 0.25) is 9.84 Å². The Hall–Kier alpha value is -3.71. The van der Waals surface area contributed by atoms with Crippen LogP contribution in [0.15, 0.2) is 82.7 Å². The van der Waals surface area contributed by atoms with Crippen molar-refractivity contribution in [3.05, 3.63) is 89.6 Å². The van der Waals surface area contributed by atoms with E-state index in [1.54, 1.807) is 42.5 Å². The molecule has 6 nitrogen and oxygen atoms in total. The van der Waals surface area contributed by atoms with Crippen LogP contribution >= 0.6 is 0 Å². The Labute approximate surface area is 186 Å². The molecular formula is C25H21NO5S. The molecule has 0 N–H and O–H groups in total. The quantitative estimate of drug-likeness (QED) is 0.401. The minimum atomic E-state index is -4.08. The number of carbonyl (C=O) groups excluding carboxylic acids is 1. The molecule has 1 heterocycles. The lowest BCUT2D eigenvalue weighted by Gasteiger charge is -2.14. The molecule has 0 aliphatic carbocycles. The molecule has 4 aromatic rings. The summed E-state index contributed by atoms with van der Waals surface area (Å²) in [4.78, 5) is 17.7. The van der Waals surface area contributed by atoms with Gasteiger partial charge in [-0.15, -0.1) is 0 Å². The summed E-state index contributed by atoms with van der Waals surface area (Å²) in [7, 11) is -1.08. The summed E-state index contributed by atoms with van der Waals surface area (Å²) in [5, 5.41) is 0.318. The summed E-state index contributed by atoms with van der Waals surface area (Å²) in [5.41, 5.74) is 1.82. The number of nitrogens with zero attached hydrogens (tertiary/aromatic N) is 1. The monoisotopic (exact) mass is 447 g/mol. The van der Waals surface area contributed by atoms with Crippen molar-refractivity contribution in [3.63, 3.8) is 0 Å². The largest absolute Gasteiger partial charge is 0.497 e. The van der Waals surface area contributed by atoms with E-state index in [0.717, 1.165) is 5.56 Å². The molecule has 4 rings (SSSR count). The predicted molar refractivity (Wildman–Crippen MR) is 121 cm³/mol. The van der Waals surface area contributed by atoms with Crippen molar-refractivity contribution in [1.29, 1.82) is 0 Å². The molecule has 0 fully saturated rings. The average Bonchev–Trinajstić information content (AvgIpc) is 2.82. The number of benzene rings is 3. The highest BCUT2D eigenvalue weighted by Crippen LogP contribution is 2.34. The van der Waals surface area contributed by atoms with Gasteiger partial charge in [0, 0.05) is 17.1 Å². The third-order valence-corrected chi connectivity index (χ3v) is 7.09. The zero-order chi connectivity index (χ0) is 22.9. The maximum absolute atomic E-state index is 13.8. The molecule has 0 unspecified atom stereocenters. The highest BCUT2D eigenvalue weighted by atomic mass is 32.2. The van der Waals surface area contributed by atoms with E-state index in [0.29, 0.717) is 28.0 Å². The van der Waals surface area contributed by atoms with Crippen LogP contribution in [0.4, 0.5) is 0 Å². The van der Waals surface area contributed by atoms with Crippen LogP contribution in [0.2, 0.25) is 0 Å². The Kier molecular flexibility index (Phi) is 5.67. The maximum atomic E-state index is 13.8. The van der Waals surface area contributed by atoms with Gasteiger partial charge in [-0.1, -0.05) is 29.8 Å². The number of fused-ring (bicyclic) bond motifs is 1. The van der Waals surface area contributed by atoms with Gasteiger partial charge in [-0.25, -0.2) is 8.42 Å². The summed E-state index contributed by atoms with van der Waals surface area (Å²) in [5.74, 6) is 0.570. The van der Waals surface area contributed by atoms with Gasteiger partial charge in [-0.3, -0.25) is 9.78 Å². The number of hydrogen-bond donors (Lipinski definition) is 0. The van der Waals surface area contributed by atoms with Gasteiger partial charge < -0.3 is 9.47 Å². The Morgan fingerprint density at radius 3 is 2.09 bits per heavy atom. The molecular weight excluding hydrogens is 426 g/mol. The number of sulfone groups is 1. The maximum Gasteiger partial charge on any atom is 0.208 e. The van der Waals surface area contributed by atoms with Crippen LogP contribution in [-0.2, 0) is 9.84 Å². The van der Waals surface area contributed by atoms with E-state index in [9.17, 15) is 13.2 Å². The molecule has 0 radical (unpaired) electrons. The topological polar surface area (TPSA) is 82.6 Å². The van der Waals surface area contributed by atoms with Crippen LogP contribution in [-0.4, -0.2) is 33.4 Å². The van der Waals surface area contributed by atoms with Gasteiger partial charge in [0.25, 0.3) is 0 Å². The first-order valence-corrected chi connectivity index (χ1v) is 11.3. The molecule has 0 atom stereocenters. The highest BCUT2D eigenvalue weighted by Gasteiger charge is 2.28. The van der Waals surface area contributed by atoms with Gasteiger partial charge in [0.1, 0.15) is 11.5 Å². The summed E-state index contributed by atoms with van der Waals surface area (Å²) < 4.78 is 38.0. The van der Waals surface area contributed by atoms with Crippen LogP contribution in [0.1, 0.15) is 21.5 Å². The summed E-state index contributed by atoms with van der Waals surface area (Å²) in [6.45, 7) is 1.91. The molecule has 0 spiro atoms. The normalized spacial score (nSPS) is 11.3. The van der Waals surface area contributed by atoms with Crippen molar-refractivity contribution in [3.8, 4) is 11.5 Å². The molecule has 0 bridgehead atoms. The number of hydrogen-bond acceptors (Lipinski definition) is 6. The van der Waals surface area contributed by atoms with Crippen molar-refractivity contribution >= 4 is 26.5 Å². The molecule has 7 heteroatoms. The smallest absolute Gasteiger partial charge is 0.208 e. The first kappa shape index (κ1) is 21.5. The lowest BCUT2D eigenvalue weighted by molar-refractivity contribution is 0.103. The standard InChI is InChI=1S/C25H21NO5S/c1-16-4-6-17(7-5-16)24(27)22-15-26-23-13-10-19(31-3)14-21(23)25(22)32(28,29)20-11-8-18(30-2)9-12-20/h4-15H,1-3H3. The fraction of sp³-hybridized carbons (Fsp3) is 0.120. The molecule has 0 saturated carbocycles. The van der Waals surface area contributed by atoms with Crippen molar-refractivity contribution < 1.29 is 22.7 Å². The molecule has 0 saturated heterocycles. The predicted octanol–water partition coefficient (Wildman–Crippen LogP) is 4.62. The SMILES string of the molecule is COc1ccc(S(=O)(=O)c2c(C(=O)c3ccc(C)cc3)cnc3ccc(OC)cc23)cc1. The van der Waals surface area contributed by atoms with E-state index in [1.165, 1.54) is 32.5 Å². The van der Waals surface area contributed by atoms with Gasteiger partial charge in [-0.2, -0.15) is 0 Å². The number of aryl methyl sites for hydroxylation is 1. The van der Waals surface area contributed by atoms with Gasteiger partial charge >= 0.3 is 0 Å². The lowest BCUT2D eigenvalue weighted by atomic mass is 10.0. The molecule has 0 aliphatic heterocycles. The average molecular weight is 448 g/mol. The van der Waals surface area contributed by atoms with Crippen LogP contribution in [0.5, 0.6) is 11.5 Å². The highest BCUT2D eigenvalue weighted by molar-refractivity contribution is 7.91. The lowest BCUT2D eigenvalue weighted by Crippen LogP contribution is -2.13. The second-order valence-electron chi connectivity index (χ2n) is 7.26. The van der Waals surface area contributed by atoms with E-state index in [-0.39, 0.29) is 15.4 Å². The van der Waals surface area contributed by atoms with Crippen LogP contribution in [0.25, 0.3) is 10.9 Å². The number of pyridine rings is 1. The summed E-state index contributed by atoms with van der Waals surface area (Å²) >= 11 is 0. The number of rotatable bonds is 6. The fourth-order valence-corrected chi connectivity index (χ4v) is 5.08. The van der Waals surface area contributed by atoms with Gasteiger partial charge in [0.15, 0.2) is 5.78 Å². The summed E-state index contributed by atoms with van der Waals surface area (Å²) in [6, 6.07) is 18.0. The molecule has 0 aliphatic rings. The number of ether oxygens (including phenoxy) is 2. The summed E-state index contributed by atoms with van der Waals surface area (Å²) in [6.07, 6.45) is 1.33. The van der Waals surface area contributed by atoms with Gasteiger partial charge in [-0.05, 0) is 49.4 Å². The number of methoxy groups -OCH3 is 2. The minimum absolute atomic E-state index is 0.00502. The van der Waals surface area contributed by atoms with E-state index >= 15 is 0 Å². The first-order valence-electron chi connectivity index (χ1n) is 9.82. The van der Waals surface area contributed by atoms with Crippen LogP contribution < -0.4 is 9.47 Å². The molecule has 3 aromatic carbocycles. The second-order valence-corrected chi connectivity index (χ2v) is 9.14. The molecule has 1 aromatic heterocycles. The van der Waals surface area contributed by atoms with E-state index in [1.807, 2.05) is 19.1 Å². The third-order valence-electron chi connectivity index (χ3n) is 5.22. The van der Waals surface area contributed by atoms with Crippen molar-refractivity contribution in [2.24, 2.45) is 0 Å². The van der Waals surface area contributed by atoms with Crippen molar-refractivity contribution in [1.82, 2.24) is 4.98 Å². The Bertz CT molecular complexity index is 1410. The number of ketones is 1. The van der Waals surface area contributed by atoms with Gasteiger partial charge in [0.05, 0.1) is 35.1 Å². The van der Waals surface area contributed by atoms with Crippen molar-refractivity contribution in [2.45, 2.75) is 16.7 Å². The fourth-order valence-electron chi connectivity index (χ4n) is 3.46. The zero-order valence-corrected chi connectivity index (χ0v) is 18.6. The molecule has 0 amide bonds. The van der Waals surface area contributed by atoms with Crippen LogP contribution in [0.3, 0.4) is 0 Å². The minimum Gasteiger partial charge on any atom is -0.497 e. The Balaban J connectivity index is 2.01. The molecule has 162 valence electrons. The second kappa shape index (κ2) is 8.43. The Morgan fingerprint density at radius 2 is 1.47 bits per heavy atom. The molecule has 32 heavy (non-hydrogen) atoms.